The third-order valence-corrected chi connectivity index (χ3v) is 3.94. The van der Waals surface area contributed by atoms with Crippen LogP contribution < -0.4 is 21.9 Å². The molecule has 0 bridgehead atoms. The molecule has 0 spiro atoms. The molecule has 0 fully saturated rings. The number of nitrogens with one attached hydrogen (secondary N) is 3. The maximum Gasteiger partial charge on any atom is 0.224 e. The zero-order valence-corrected chi connectivity index (χ0v) is 15.0. The van der Waals surface area contributed by atoms with E-state index in [9.17, 15) is 9.59 Å². The van der Waals surface area contributed by atoms with E-state index >= 15 is 0 Å². The Bertz CT molecular complexity index is 712. The quantitative estimate of drug-likeness (QED) is 0.411. The van der Waals surface area contributed by atoms with Crippen molar-refractivity contribution in [2.75, 3.05) is 17.2 Å². The van der Waals surface area contributed by atoms with E-state index < -0.39 is 0 Å². The third kappa shape index (κ3) is 7.04. The summed E-state index contributed by atoms with van der Waals surface area (Å²) in [5.41, 5.74) is 6.52. The number of hydrogen-bond donors (Lipinski definition) is 4. The lowest BCUT2D eigenvalue weighted by molar-refractivity contribution is -0.116. The largest absolute Gasteiger partial charge is 0.326 e. The number of benzene rings is 2. The number of carbonyl (C=O) groups is 2. The molecule has 0 heterocycles. The number of amides is 2. The van der Waals surface area contributed by atoms with Crippen molar-refractivity contribution in [3.8, 4) is 0 Å². The van der Waals surface area contributed by atoms with Gasteiger partial charge in [-0.15, -0.1) is 0 Å². The van der Waals surface area contributed by atoms with Gasteiger partial charge < -0.3 is 10.6 Å². The summed E-state index contributed by atoms with van der Waals surface area (Å²) >= 11 is 0. The van der Waals surface area contributed by atoms with Gasteiger partial charge >= 0.3 is 0 Å². The lowest BCUT2D eigenvalue weighted by Crippen LogP contribution is -2.24. The second-order valence-corrected chi connectivity index (χ2v) is 6.18. The number of anilines is 2. The fourth-order valence-electron chi connectivity index (χ4n) is 2.61. The fourth-order valence-corrected chi connectivity index (χ4v) is 2.61. The third-order valence-electron chi connectivity index (χ3n) is 3.94. The Morgan fingerprint density at radius 1 is 0.846 bits per heavy atom. The van der Waals surface area contributed by atoms with E-state index in [0.717, 1.165) is 42.7 Å². The minimum atomic E-state index is -0.0847. The van der Waals surface area contributed by atoms with Gasteiger partial charge in [0.1, 0.15) is 0 Å². The summed E-state index contributed by atoms with van der Waals surface area (Å²) in [6, 6.07) is 15.5. The second kappa shape index (κ2) is 10.3. The SMILES string of the molecule is CC(=O)Nc1ccc(CCCC(=O)Nc2ccc(CCNN)cc2)cc1. The van der Waals surface area contributed by atoms with Gasteiger partial charge in [-0.25, -0.2) is 0 Å². The molecule has 2 aromatic carbocycles. The van der Waals surface area contributed by atoms with Gasteiger partial charge in [0.2, 0.25) is 11.8 Å². The Morgan fingerprint density at radius 2 is 1.38 bits per heavy atom. The number of carbonyl (C=O) groups excluding carboxylic acids is 2. The van der Waals surface area contributed by atoms with Crippen molar-refractivity contribution >= 4 is 23.2 Å². The van der Waals surface area contributed by atoms with Crippen molar-refractivity contribution < 1.29 is 9.59 Å². The lowest BCUT2D eigenvalue weighted by Gasteiger charge is -2.07. The summed E-state index contributed by atoms with van der Waals surface area (Å²) in [6.07, 6.45) is 2.90. The van der Waals surface area contributed by atoms with Crippen LogP contribution in [-0.4, -0.2) is 18.4 Å². The molecule has 2 rings (SSSR count). The summed E-state index contributed by atoms with van der Waals surface area (Å²) in [5, 5.41) is 5.65. The van der Waals surface area contributed by atoms with Crippen LogP contribution in [0, 0.1) is 0 Å². The Balaban J connectivity index is 1.72. The van der Waals surface area contributed by atoms with Crippen molar-refractivity contribution in [1.82, 2.24) is 5.43 Å². The summed E-state index contributed by atoms with van der Waals surface area (Å²) in [6.45, 7) is 2.20. The van der Waals surface area contributed by atoms with E-state index in [1.54, 1.807) is 0 Å². The van der Waals surface area contributed by atoms with Crippen LogP contribution in [0.3, 0.4) is 0 Å². The van der Waals surface area contributed by atoms with Crippen molar-refractivity contribution in [2.45, 2.75) is 32.6 Å². The zero-order chi connectivity index (χ0) is 18.8. The first-order valence-corrected chi connectivity index (χ1v) is 8.75. The smallest absolute Gasteiger partial charge is 0.224 e. The summed E-state index contributed by atoms with van der Waals surface area (Å²) < 4.78 is 0. The fraction of sp³-hybridized carbons (Fsp3) is 0.300. The molecule has 2 amide bonds. The first-order valence-electron chi connectivity index (χ1n) is 8.75. The first kappa shape index (κ1) is 19.6. The van der Waals surface area contributed by atoms with Crippen molar-refractivity contribution in [2.24, 2.45) is 5.84 Å². The summed E-state index contributed by atoms with van der Waals surface area (Å²) in [4.78, 5) is 23.0. The van der Waals surface area contributed by atoms with E-state index in [1.807, 2.05) is 48.5 Å². The van der Waals surface area contributed by atoms with Crippen LogP contribution in [0.2, 0.25) is 0 Å². The molecule has 6 heteroatoms. The van der Waals surface area contributed by atoms with Gasteiger partial charge in [-0.3, -0.25) is 20.9 Å². The van der Waals surface area contributed by atoms with Gasteiger partial charge in [0.05, 0.1) is 0 Å². The average Bonchev–Trinajstić information content (AvgIpc) is 2.62. The molecular weight excluding hydrogens is 328 g/mol. The van der Waals surface area contributed by atoms with E-state index in [2.05, 4.69) is 16.1 Å². The van der Waals surface area contributed by atoms with Gasteiger partial charge in [-0.1, -0.05) is 24.3 Å². The molecule has 138 valence electrons. The molecule has 0 aliphatic carbocycles. The lowest BCUT2D eigenvalue weighted by atomic mass is 10.1. The Labute approximate surface area is 154 Å². The highest BCUT2D eigenvalue weighted by Gasteiger charge is 2.04. The number of hydrazine groups is 1. The first-order chi connectivity index (χ1) is 12.6. The van der Waals surface area contributed by atoms with Gasteiger partial charge in [0.25, 0.3) is 0 Å². The molecule has 5 N–H and O–H groups in total. The number of hydrogen-bond acceptors (Lipinski definition) is 4. The summed E-state index contributed by atoms with van der Waals surface area (Å²) in [5.74, 6) is 5.19. The minimum Gasteiger partial charge on any atom is -0.326 e. The molecule has 0 aromatic heterocycles. The summed E-state index contributed by atoms with van der Waals surface area (Å²) in [7, 11) is 0. The van der Waals surface area contributed by atoms with Crippen LogP contribution in [0.5, 0.6) is 0 Å². The number of nitrogens with two attached hydrogens (primary N) is 1. The molecule has 0 aliphatic heterocycles. The van der Waals surface area contributed by atoms with Crippen LogP contribution in [-0.2, 0) is 22.4 Å². The van der Waals surface area contributed by atoms with Gasteiger partial charge in [-0.05, 0) is 54.7 Å². The van der Waals surface area contributed by atoms with Crippen molar-refractivity contribution in [3.05, 3.63) is 59.7 Å². The Kier molecular flexibility index (Phi) is 7.79. The minimum absolute atomic E-state index is 0.0104. The maximum absolute atomic E-state index is 12.0. The van der Waals surface area contributed by atoms with Crippen LogP contribution >= 0.6 is 0 Å². The monoisotopic (exact) mass is 354 g/mol. The number of aryl methyl sites for hydroxylation is 1. The van der Waals surface area contributed by atoms with E-state index in [4.69, 9.17) is 5.84 Å². The van der Waals surface area contributed by atoms with E-state index in [0.29, 0.717) is 6.42 Å². The molecule has 0 aliphatic rings. The molecule has 26 heavy (non-hydrogen) atoms. The highest BCUT2D eigenvalue weighted by atomic mass is 16.2. The molecule has 2 aromatic rings. The normalized spacial score (nSPS) is 10.4. The van der Waals surface area contributed by atoms with Crippen LogP contribution in [0.15, 0.2) is 48.5 Å². The predicted molar refractivity (Wildman–Crippen MR) is 105 cm³/mol. The van der Waals surface area contributed by atoms with Crippen LogP contribution in [0.4, 0.5) is 11.4 Å². The van der Waals surface area contributed by atoms with Crippen LogP contribution in [0.1, 0.15) is 30.9 Å². The highest BCUT2D eigenvalue weighted by Crippen LogP contribution is 2.13. The molecule has 0 saturated carbocycles. The molecule has 6 nitrogen and oxygen atoms in total. The topological polar surface area (TPSA) is 96.2 Å². The zero-order valence-electron chi connectivity index (χ0n) is 15.0. The van der Waals surface area contributed by atoms with Gasteiger partial charge in [0, 0.05) is 31.3 Å². The van der Waals surface area contributed by atoms with Crippen LogP contribution in [0.25, 0.3) is 0 Å². The van der Waals surface area contributed by atoms with E-state index in [-0.39, 0.29) is 11.8 Å². The van der Waals surface area contributed by atoms with Gasteiger partial charge in [0.15, 0.2) is 0 Å². The molecular formula is C20H26N4O2. The average molecular weight is 354 g/mol. The van der Waals surface area contributed by atoms with E-state index in [1.165, 1.54) is 12.5 Å². The molecule has 0 atom stereocenters. The predicted octanol–water partition coefficient (Wildman–Crippen LogP) is 2.61. The Hall–Kier alpha value is -2.70. The standard InChI is InChI=1S/C20H26N4O2/c1-15(25)23-18-9-5-16(6-10-18)3-2-4-20(26)24-19-11-7-17(8-12-19)13-14-22-21/h5-12,22H,2-4,13-14,21H2,1H3,(H,23,25)(H,24,26). The number of rotatable bonds is 9. The van der Waals surface area contributed by atoms with Crippen molar-refractivity contribution in [3.63, 3.8) is 0 Å². The molecule has 0 radical (unpaired) electrons. The Morgan fingerprint density at radius 3 is 1.92 bits per heavy atom. The second-order valence-electron chi connectivity index (χ2n) is 6.18. The van der Waals surface area contributed by atoms with Crippen molar-refractivity contribution in [1.29, 1.82) is 0 Å². The molecule has 0 unspecified atom stereocenters. The highest BCUT2D eigenvalue weighted by molar-refractivity contribution is 5.90. The maximum atomic E-state index is 12.0. The van der Waals surface area contributed by atoms with Gasteiger partial charge in [-0.2, -0.15) is 0 Å². The molecule has 0 saturated heterocycles.